The minimum Gasteiger partial charge on any atom is -0.397 e. The molecule has 2 nitrogen and oxygen atoms in total. The Morgan fingerprint density at radius 2 is 2.24 bits per heavy atom. The summed E-state index contributed by atoms with van der Waals surface area (Å²) in [6, 6.07) is 6.11. The van der Waals surface area contributed by atoms with Gasteiger partial charge in [-0.15, -0.1) is 11.8 Å². The number of fused-ring (bicyclic) bond motifs is 1. The molecule has 2 rings (SSSR count). The van der Waals surface area contributed by atoms with Crippen LogP contribution in [0.2, 0.25) is 0 Å². The lowest BCUT2D eigenvalue weighted by Crippen LogP contribution is -1.93. The van der Waals surface area contributed by atoms with Crippen LogP contribution in [-0.4, -0.2) is 10.7 Å². The van der Waals surface area contributed by atoms with E-state index in [-0.39, 0.29) is 0 Å². The smallest absolute Gasteiger partial charge is 0.0715 e. The number of pyridine rings is 1. The first-order valence-electron chi connectivity index (χ1n) is 5.69. The van der Waals surface area contributed by atoms with Gasteiger partial charge in [-0.3, -0.25) is 4.98 Å². The van der Waals surface area contributed by atoms with Crippen molar-refractivity contribution in [2.45, 2.75) is 24.7 Å². The molecule has 0 fully saturated rings. The van der Waals surface area contributed by atoms with Crippen molar-refractivity contribution in [3.05, 3.63) is 28.9 Å². The van der Waals surface area contributed by atoms with E-state index in [9.17, 15) is 0 Å². The van der Waals surface area contributed by atoms with Gasteiger partial charge in [-0.2, -0.15) is 0 Å². The van der Waals surface area contributed by atoms with E-state index >= 15 is 0 Å². The number of hydrogen-bond donors (Lipinski definition) is 1. The third-order valence-electron chi connectivity index (χ3n) is 2.55. The molecule has 90 valence electrons. The number of thioether (sulfide) groups is 1. The summed E-state index contributed by atoms with van der Waals surface area (Å²) in [5.41, 5.74) is 7.80. The first kappa shape index (κ1) is 12.7. The molecule has 0 saturated carbocycles. The van der Waals surface area contributed by atoms with Crippen molar-refractivity contribution in [2.24, 2.45) is 0 Å². The molecule has 0 atom stereocenters. The Labute approximate surface area is 114 Å². The van der Waals surface area contributed by atoms with E-state index in [1.54, 1.807) is 6.20 Å². The van der Waals surface area contributed by atoms with Crippen LogP contribution in [0.3, 0.4) is 0 Å². The molecule has 4 heteroatoms. The second-order valence-corrected chi connectivity index (χ2v) is 5.93. The molecule has 0 radical (unpaired) electrons. The van der Waals surface area contributed by atoms with Gasteiger partial charge in [-0.25, -0.2) is 0 Å². The summed E-state index contributed by atoms with van der Waals surface area (Å²) in [7, 11) is 0. The molecule has 0 aliphatic heterocycles. The Morgan fingerprint density at radius 1 is 1.41 bits per heavy atom. The van der Waals surface area contributed by atoms with Crippen LogP contribution in [0.15, 0.2) is 33.8 Å². The fraction of sp³-hybridized carbons (Fsp3) is 0.308. The number of hydrogen-bond acceptors (Lipinski definition) is 3. The molecule has 2 aromatic rings. The number of unbranched alkanes of at least 4 members (excludes halogenated alkanes) is 1. The Balaban J connectivity index is 2.43. The summed E-state index contributed by atoms with van der Waals surface area (Å²) in [4.78, 5) is 5.51. The number of nitrogen functional groups attached to an aromatic ring is 1. The lowest BCUT2D eigenvalue weighted by molar-refractivity contribution is 0.896. The Kier molecular flexibility index (Phi) is 4.29. The van der Waals surface area contributed by atoms with Crippen LogP contribution in [0.25, 0.3) is 10.9 Å². The fourth-order valence-corrected chi connectivity index (χ4v) is 3.17. The first-order chi connectivity index (χ1) is 8.22. The van der Waals surface area contributed by atoms with Crippen molar-refractivity contribution < 1.29 is 0 Å². The quantitative estimate of drug-likeness (QED) is 0.669. The van der Waals surface area contributed by atoms with Crippen LogP contribution in [0.1, 0.15) is 19.8 Å². The second-order valence-electron chi connectivity index (χ2n) is 3.91. The normalized spacial score (nSPS) is 10.9. The van der Waals surface area contributed by atoms with E-state index in [1.807, 2.05) is 23.9 Å². The minimum atomic E-state index is 0.775. The number of nitrogens with zero attached hydrogens (tertiary/aromatic N) is 1. The second kappa shape index (κ2) is 5.74. The summed E-state index contributed by atoms with van der Waals surface area (Å²) in [5, 5.41) is 1.14. The number of aromatic nitrogens is 1. The molecular formula is C13H15BrN2S. The molecule has 1 aromatic heterocycles. The van der Waals surface area contributed by atoms with Crippen molar-refractivity contribution in [1.29, 1.82) is 0 Å². The van der Waals surface area contributed by atoms with Crippen LogP contribution in [0.5, 0.6) is 0 Å². The van der Waals surface area contributed by atoms with Gasteiger partial charge in [0, 0.05) is 14.8 Å². The van der Waals surface area contributed by atoms with E-state index in [0.29, 0.717) is 0 Å². The zero-order chi connectivity index (χ0) is 12.3. The van der Waals surface area contributed by atoms with Crippen LogP contribution < -0.4 is 5.73 Å². The van der Waals surface area contributed by atoms with E-state index in [0.717, 1.165) is 31.7 Å². The minimum absolute atomic E-state index is 0.775. The van der Waals surface area contributed by atoms with E-state index in [2.05, 4.69) is 33.9 Å². The highest BCUT2D eigenvalue weighted by Crippen LogP contribution is 2.33. The Morgan fingerprint density at radius 3 is 3.00 bits per heavy atom. The largest absolute Gasteiger partial charge is 0.397 e. The van der Waals surface area contributed by atoms with Gasteiger partial charge in [0.2, 0.25) is 0 Å². The number of halogens is 1. The molecule has 0 spiro atoms. The van der Waals surface area contributed by atoms with Crippen LogP contribution in [-0.2, 0) is 0 Å². The molecule has 0 aliphatic rings. The van der Waals surface area contributed by atoms with Crippen molar-refractivity contribution >= 4 is 44.3 Å². The third-order valence-corrected chi connectivity index (χ3v) is 4.28. The Hall–Kier alpha value is -0.740. The maximum atomic E-state index is 6.02. The zero-order valence-electron chi connectivity index (χ0n) is 9.74. The van der Waals surface area contributed by atoms with Crippen molar-refractivity contribution in [1.82, 2.24) is 4.98 Å². The molecule has 0 amide bonds. The summed E-state index contributed by atoms with van der Waals surface area (Å²) in [5.74, 6) is 1.10. The molecule has 0 saturated heterocycles. The van der Waals surface area contributed by atoms with Gasteiger partial charge < -0.3 is 5.73 Å². The number of anilines is 1. The number of rotatable bonds is 4. The van der Waals surface area contributed by atoms with Crippen LogP contribution >= 0.6 is 27.7 Å². The molecule has 0 unspecified atom stereocenters. The molecule has 1 aromatic carbocycles. The topological polar surface area (TPSA) is 38.9 Å². The maximum absolute atomic E-state index is 6.02. The van der Waals surface area contributed by atoms with Crippen molar-refractivity contribution in [3.8, 4) is 0 Å². The van der Waals surface area contributed by atoms with E-state index in [4.69, 9.17) is 5.73 Å². The highest BCUT2D eigenvalue weighted by Gasteiger charge is 2.07. The molecule has 0 bridgehead atoms. The van der Waals surface area contributed by atoms with Gasteiger partial charge in [0.05, 0.1) is 17.4 Å². The molecule has 1 heterocycles. The zero-order valence-corrected chi connectivity index (χ0v) is 12.1. The maximum Gasteiger partial charge on any atom is 0.0715 e. The molecule has 2 N–H and O–H groups in total. The summed E-state index contributed by atoms with van der Waals surface area (Å²) in [6.07, 6.45) is 4.17. The highest BCUT2D eigenvalue weighted by molar-refractivity contribution is 9.10. The predicted molar refractivity (Wildman–Crippen MR) is 79.5 cm³/mol. The van der Waals surface area contributed by atoms with Crippen molar-refractivity contribution in [2.75, 3.05) is 11.5 Å². The van der Waals surface area contributed by atoms with Gasteiger partial charge >= 0.3 is 0 Å². The predicted octanol–water partition coefficient (Wildman–Crippen LogP) is 4.47. The Bertz CT molecular complexity index is 523. The number of benzene rings is 1. The van der Waals surface area contributed by atoms with Gasteiger partial charge in [0.25, 0.3) is 0 Å². The summed E-state index contributed by atoms with van der Waals surface area (Å²) < 4.78 is 1.06. The summed E-state index contributed by atoms with van der Waals surface area (Å²) >= 11 is 5.32. The molecule has 0 aliphatic carbocycles. The molecule has 17 heavy (non-hydrogen) atoms. The third kappa shape index (κ3) is 2.93. The van der Waals surface area contributed by atoms with Gasteiger partial charge in [-0.1, -0.05) is 29.3 Å². The van der Waals surface area contributed by atoms with Gasteiger partial charge in [0.1, 0.15) is 0 Å². The highest BCUT2D eigenvalue weighted by atomic mass is 79.9. The SMILES string of the molecule is CCCCSc1c(N)cnc2ccc(Br)cc12. The first-order valence-corrected chi connectivity index (χ1v) is 7.46. The van der Waals surface area contributed by atoms with Crippen LogP contribution in [0.4, 0.5) is 5.69 Å². The van der Waals surface area contributed by atoms with E-state index in [1.165, 1.54) is 12.8 Å². The van der Waals surface area contributed by atoms with E-state index < -0.39 is 0 Å². The average molecular weight is 311 g/mol. The van der Waals surface area contributed by atoms with Crippen molar-refractivity contribution in [3.63, 3.8) is 0 Å². The lowest BCUT2D eigenvalue weighted by atomic mass is 10.2. The lowest BCUT2D eigenvalue weighted by Gasteiger charge is -2.09. The standard InChI is InChI=1S/C13H15BrN2S/c1-2-3-6-17-13-10-7-9(14)4-5-12(10)16-8-11(13)15/h4-5,7-8H,2-3,6,15H2,1H3. The fourth-order valence-electron chi connectivity index (χ4n) is 1.64. The summed E-state index contributed by atoms with van der Waals surface area (Å²) in [6.45, 7) is 2.20. The monoisotopic (exact) mass is 310 g/mol. The molecular weight excluding hydrogens is 296 g/mol. The van der Waals surface area contributed by atoms with Crippen LogP contribution in [0, 0.1) is 0 Å². The average Bonchev–Trinajstić information content (AvgIpc) is 2.32. The number of nitrogens with two attached hydrogens (primary N) is 1. The van der Waals surface area contributed by atoms with Gasteiger partial charge in [-0.05, 0) is 30.4 Å². The van der Waals surface area contributed by atoms with Gasteiger partial charge in [0.15, 0.2) is 0 Å².